The number of hydrogen-bond donors (Lipinski definition) is 1. The number of carbonyl (C=O) groups is 1. The van der Waals surface area contributed by atoms with Crippen LogP contribution in [0.15, 0.2) is 41.6 Å². The van der Waals surface area contributed by atoms with Gasteiger partial charge in [-0.2, -0.15) is 0 Å². The number of benzene rings is 2. The van der Waals surface area contributed by atoms with Gasteiger partial charge in [-0.1, -0.05) is 35.0 Å². The number of aromatic nitrogens is 3. The van der Waals surface area contributed by atoms with Crippen LogP contribution in [0.3, 0.4) is 0 Å². The fourth-order valence-corrected chi connectivity index (χ4v) is 3.86. The molecule has 152 valence electrons. The van der Waals surface area contributed by atoms with Crippen LogP contribution in [0.1, 0.15) is 6.92 Å². The number of amides is 1. The highest BCUT2D eigenvalue weighted by Crippen LogP contribution is 2.37. The molecule has 0 saturated carbocycles. The van der Waals surface area contributed by atoms with Gasteiger partial charge in [0.15, 0.2) is 11.0 Å². The molecule has 3 aromatic rings. The average Bonchev–Trinajstić information content (AvgIpc) is 3.11. The standard InChI is InChI=1S/C19H18Cl2N4O3S/c1-10(17(22)26)29-19-24-23-18(13-8-11(20)4-6-15(13)27-2)25(19)12-5-7-16(28-3)14(21)9-12/h4-10H,1-3H3,(H2,22,26). The highest BCUT2D eigenvalue weighted by atomic mass is 35.5. The lowest BCUT2D eigenvalue weighted by molar-refractivity contribution is -0.117. The van der Waals surface area contributed by atoms with E-state index < -0.39 is 11.2 Å². The highest BCUT2D eigenvalue weighted by Gasteiger charge is 2.23. The molecule has 3 rings (SSSR count). The zero-order valence-corrected chi connectivity index (χ0v) is 18.2. The molecule has 2 aromatic carbocycles. The van der Waals surface area contributed by atoms with E-state index in [0.717, 1.165) is 0 Å². The zero-order valence-electron chi connectivity index (χ0n) is 15.8. The van der Waals surface area contributed by atoms with Crippen molar-refractivity contribution in [2.45, 2.75) is 17.3 Å². The maximum Gasteiger partial charge on any atom is 0.230 e. The summed E-state index contributed by atoms with van der Waals surface area (Å²) >= 11 is 13.7. The topological polar surface area (TPSA) is 92.3 Å². The Morgan fingerprint density at radius 3 is 2.41 bits per heavy atom. The van der Waals surface area contributed by atoms with Gasteiger partial charge < -0.3 is 15.2 Å². The molecular weight excluding hydrogens is 435 g/mol. The number of halogens is 2. The lowest BCUT2D eigenvalue weighted by atomic mass is 10.2. The molecule has 0 bridgehead atoms. The van der Waals surface area contributed by atoms with E-state index in [1.807, 2.05) is 6.07 Å². The third-order valence-electron chi connectivity index (χ3n) is 4.11. The molecule has 7 nitrogen and oxygen atoms in total. The Labute approximate surface area is 182 Å². The van der Waals surface area contributed by atoms with Crippen LogP contribution >= 0.6 is 35.0 Å². The van der Waals surface area contributed by atoms with E-state index in [9.17, 15) is 4.79 Å². The Morgan fingerprint density at radius 1 is 1.10 bits per heavy atom. The minimum atomic E-state index is -0.513. The van der Waals surface area contributed by atoms with Gasteiger partial charge in [0.05, 0.1) is 35.7 Å². The molecule has 0 spiro atoms. The molecule has 0 radical (unpaired) electrons. The fourth-order valence-electron chi connectivity index (χ4n) is 2.62. The molecule has 1 amide bonds. The van der Waals surface area contributed by atoms with Gasteiger partial charge in [-0.05, 0) is 43.3 Å². The number of hydrogen-bond acceptors (Lipinski definition) is 6. The number of ether oxygens (including phenoxy) is 2. The maximum atomic E-state index is 11.6. The Balaban J connectivity index is 2.23. The van der Waals surface area contributed by atoms with Gasteiger partial charge in [-0.15, -0.1) is 10.2 Å². The van der Waals surface area contributed by atoms with Gasteiger partial charge in [0.2, 0.25) is 5.91 Å². The average molecular weight is 453 g/mol. The van der Waals surface area contributed by atoms with Crippen LogP contribution in [-0.2, 0) is 4.79 Å². The predicted octanol–water partition coefficient (Wildman–Crippen LogP) is 4.22. The fraction of sp³-hybridized carbons (Fsp3) is 0.211. The monoisotopic (exact) mass is 452 g/mol. The third-order valence-corrected chi connectivity index (χ3v) is 5.70. The number of thioether (sulfide) groups is 1. The second-order valence-electron chi connectivity index (χ2n) is 5.97. The second kappa shape index (κ2) is 8.94. The van der Waals surface area contributed by atoms with E-state index in [1.165, 1.54) is 18.9 Å². The van der Waals surface area contributed by atoms with Crippen molar-refractivity contribution in [3.05, 3.63) is 46.4 Å². The third kappa shape index (κ3) is 4.44. The van der Waals surface area contributed by atoms with Gasteiger partial charge >= 0.3 is 0 Å². The largest absolute Gasteiger partial charge is 0.496 e. The molecule has 0 aliphatic carbocycles. The summed E-state index contributed by atoms with van der Waals surface area (Å²) in [6.07, 6.45) is 0. The first-order valence-corrected chi connectivity index (χ1v) is 10.1. The van der Waals surface area contributed by atoms with Crippen LogP contribution in [0, 0.1) is 0 Å². The van der Waals surface area contributed by atoms with Gasteiger partial charge in [0.25, 0.3) is 0 Å². The number of nitrogens with zero attached hydrogens (tertiary/aromatic N) is 3. The normalized spacial score (nSPS) is 11.9. The number of rotatable bonds is 7. The summed E-state index contributed by atoms with van der Waals surface area (Å²) in [6, 6.07) is 10.5. The van der Waals surface area contributed by atoms with Crippen molar-refractivity contribution >= 4 is 40.9 Å². The van der Waals surface area contributed by atoms with Gasteiger partial charge in [0.1, 0.15) is 11.5 Å². The summed E-state index contributed by atoms with van der Waals surface area (Å²) < 4.78 is 12.5. The Kier molecular flexibility index (Phi) is 6.56. The highest BCUT2D eigenvalue weighted by molar-refractivity contribution is 8.00. The Morgan fingerprint density at radius 2 is 1.79 bits per heavy atom. The van der Waals surface area contributed by atoms with Gasteiger partial charge in [-0.25, -0.2) is 0 Å². The molecule has 0 fully saturated rings. The summed E-state index contributed by atoms with van der Waals surface area (Å²) in [5.74, 6) is 1.12. The second-order valence-corrected chi connectivity index (χ2v) is 8.12. The number of nitrogens with two attached hydrogens (primary N) is 1. The molecule has 2 N–H and O–H groups in total. The molecule has 10 heteroatoms. The zero-order chi connectivity index (χ0) is 21.1. The SMILES string of the molecule is COc1ccc(-n2c(SC(C)C(N)=O)nnc2-c2cc(Cl)ccc2OC)cc1Cl. The summed E-state index contributed by atoms with van der Waals surface area (Å²) in [4.78, 5) is 11.6. The van der Waals surface area contributed by atoms with E-state index in [2.05, 4.69) is 10.2 Å². The van der Waals surface area contributed by atoms with E-state index >= 15 is 0 Å². The molecule has 1 unspecified atom stereocenters. The summed E-state index contributed by atoms with van der Waals surface area (Å²) in [7, 11) is 3.10. The van der Waals surface area contributed by atoms with Gasteiger partial charge in [0, 0.05) is 5.02 Å². The van der Waals surface area contributed by atoms with Crippen molar-refractivity contribution in [2.75, 3.05) is 14.2 Å². The predicted molar refractivity (Wildman–Crippen MR) is 114 cm³/mol. The maximum absolute atomic E-state index is 11.6. The summed E-state index contributed by atoms with van der Waals surface area (Å²) in [6.45, 7) is 1.70. The van der Waals surface area contributed by atoms with E-state index in [-0.39, 0.29) is 0 Å². The van der Waals surface area contributed by atoms with Gasteiger partial charge in [-0.3, -0.25) is 9.36 Å². The van der Waals surface area contributed by atoms with E-state index in [4.69, 9.17) is 38.4 Å². The van der Waals surface area contributed by atoms with Crippen LogP contribution in [-0.4, -0.2) is 40.1 Å². The minimum absolute atomic E-state index is 0.418. The van der Waals surface area contributed by atoms with Crippen LogP contribution in [0.25, 0.3) is 17.1 Å². The first kappa shape index (κ1) is 21.3. The minimum Gasteiger partial charge on any atom is -0.496 e. The lowest BCUT2D eigenvalue weighted by Gasteiger charge is -2.15. The Bertz CT molecular complexity index is 1060. The number of primary amides is 1. The van der Waals surface area contributed by atoms with Crippen molar-refractivity contribution in [3.63, 3.8) is 0 Å². The summed E-state index contributed by atoms with van der Waals surface area (Å²) in [5, 5.41) is 9.48. The van der Waals surface area contributed by atoms with Crippen LogP contribution < -0.4 is 15.2 Å². The lowest BCUT2D eigenvalue weighted by Crippen LogP contribution is -2.23. The van der Waals surface area contributed by atoms with E-state index in [1.54, 1.807) is 48.9 Å². The van der Waals surface area contributed by atoms with Crippen molar-refractivity contribution in [1.29, 1.82) is 0 Å². The van der Waals surface area contributed by atoms with Crippen molar-refractivity contribution in [1.82, 2.24) is 14.8 Å². The first-order valence-electron chi connectivity index (χ1n) is 8.45. The quantitative estimate of drug-likeness (QED) is 0.539. The molecule has 0 aliphatic rings. The molecule has 29 heavy (non-hydrogen) atoms. The molecule has 0 aliphatic heterocycles. The molecular formula is C19H18Cl2N4O3S. The smallest absolute Gasteiger partial charge is 0.230 e. The molecule has 0 saturated heterocycles. The Hall–Kier alpha value is -2.42. The van der Waals surface area contributed by atoms with Crippen molar-refractivity contribution in [2.24, 2.45) is 5.73 Å². The number of carbonyl (C=O) groups excluding carboxylic acids is 1. The van der Waals surface area contributed by atoms with Crippen LogP contribution in [0.5, 0.6) is 11.5 Å². The number of methoxy groups -OCH3 is 2. The van der Waals surface area contributed by atoms with Crippen LogP contribution in [0.4, 0.5) is 0 Å². The first-order chi connectivity index (χ1) is 13.8. The van der Waals surface area contributed by atoms with Crippen LogP contribution in [0.2, 0.25) is 10.0 Å². The van der Waals surface area contributed by atoms with E-state index in [0.29, 0.717) is 43.8 Å². The van der Waals surface area contributed by atoms with Crippen molar-refractivity contribution in [3.8, 4) is 28.6 Å². The molecule has 1 heterocycles. The van der Waals surface area contributed by atoms with Crippen molar-refractivity contribution < 1.29 is 14.3 Å². The molecule has 1 aromatic heterocycles. The summed E-state index contributed by atoms with van der Waals surface area (Å²) in [5.41, 5.74) is 6.74. The molecule has 1 atom stereocenters.